The van der Waals surface area contributed by atoms with E-state index in [2.05, 4.69) is 5.32 Å². The summed E-state index contributed by atoms with van der Waals surface area (Å²) in [6.45, 7) is 3.31. The van der Waals surface area contributed by atoms with Gasteiger partial charge in [-0.25, -0.2) is 8.42 Å². The summed E-state index contributed by atoms with van der Waals surface area (Å²) in [7, 11) is -2.32. The molecule has 0 bridgehead atoms. The van der Waals surface area contributed by atoms with Gasteiger partial charge in [0.05, 0.1) is 29.1 Å². The van der Waals surface area contributed by atoms with Gasteiger partial charge in [-0.1, -0.05) is 35.3 Å². The van der Waals surface area contributed by atoms with Gasteiger partial charge in [0.25, 0.3) is 0 Å². The van der Waals surface area contributed by atoms with Crippen molar-refractivity contribution >= 4 is 50.7 Å². The highest BCUT2D eigenvalue weighted by Crippen LogP contribution is 2.28. The van der Waals surface area contributed by atoms with Gasteiger partial charge in [0.1, 0.15) is 18.3 Å². The SMILES string of the molecule is CCNC(=O)C(C)N(Cc1cccc(OC)c1)C(=O)CN(c1ccc(Cl)c(Cl)c1)S(C)(=O)=O. The predicted octanol–water partition coefficient (Wildman–Crippen LogP) is 3.32. The molecule has 0 spiro atoms. The van der Waals surface area contributed by atoms with Crippen molar-refractivity contribution in [3.63, 3.8) is 0 Å². The average Bonchev–Trinajstić information content (AvgIpc) is 2.76. The highest BCUT2D eigenvalue weighted by Gasteiger charge is 2.30. The van der Waals surface area contributed by atoms with Crippen LogP contribution >= 0.6 is 23.2 Å². The molecule has 1 unspecified atom stereocenters. The second-order valence-electron chi connectivity index (χ2n) is 7.31. The lowest BCUT2D eigenvalue weighted by molar-refractivity contribution is -0.139. The zero-order valence-corrected chi connectivity index (χ0v) is 21.2. The number of anilines is 1. The first-order chi connectivity index (χ1) is 15.5. The summed E-state index contributed by atoms with van der Waals surface area (Å²) in [5.41, 5.74) is 0.909. The number of nitrogens with zero attached hydrogens (tertiary/aromatic N) is 2. The standard InChI is InChI=1S/C22H27Cl2N3O5S/c1-5-25-22(29)15(2)26(13-16-7-6-8-18(11-16)32-3)21(28)14-27(33(4,30)31)17-9-10-19(23)20(24)12-17/h6-12,15H,5,13-14H2,1-4H3,(H,25,29). The van der Waals surface area contributed by atoms with Gasteiger partial charge in [-0.2, -0.15) is 0 Å². The molecule has 180 valence electrons. The molecule has 11 heteroatoms. The third-order valence-electron chi connectivity index (χ3n) is 4.88. The predicted molar refractivity (Wildman–Crippen MR) is 130 cm³/mol. The number of ether oxygens (including phenoxy) is 1. The lowest BCUT2D eigenvalue weighted by Gasteiger charge is -2.31. The number of rotatable bonds is 10. The maximum Gasteiger partial charge on any atom is 0.244 e. The van der Waals surface area contributed by atoms with Crippen LogP contribution in [-0.4, -0.2) is 57.6 Å². The minimum absolute atomic E-state index is 0.0767. The summed E-state index contributed by atoms with van der Waals surface area (Å²) in [6.07, 6.45) is 0.989. The van der Waals surface area contributed by atoms with Gasteiger partial charge in [0.15, 0.2) is 0 Å². The van der Waals surface area contributed by atoms with Crippen molar-refractivity contribution in [1.82, 2.24) is 10.2 Å². The molecule has 8 nitrogen and oxygen atoms in total. The van der Waals surface area contributed by atoms with Crippen molar-refractivity contribution in [2.24, 2.45) is 0 Å². The highest BCUT2D eigenvalue weighted by molar-refractivity contribution is 7.92. The van der Waals surface area contributed by atoms with E-state index in [1.165, 1.54) is 30.2 Å². The van der Waals surface area contributed by atoms with Gasteiger partial charge in [-0.3, -0.25) is 13.9 Å². The topological polar surface area (TPSA) is 96.0 Å². The Morgan fingerprint density at radius 1 is 1.12 bits per heavy atom. The Morgan fingerprint density at radius 3 is 2.39 bits per heavy atom. The fourth-order valence-electron chi connectivity index (χ4n) is 3.13. The molecule has 0 saturated heterocycles. The smallest absolute Gasteiger partial charge is 0.244 e. The minimum Gasteiger partial charge on any atom is -0.497 e. The molecular weight excluding hydrogens is 489 g/mol. The molecule has 1 atom stereocenters. The van der Waals surface area contributed by atoms with Crippen LogP contribution in [0.15, 0.2) is 42.5 Å². The molecule has 0 heterocycles. The monoisotopic (exact) mass is 515 g/mol. The first-order valence-electron chi connectivity index (χ1n) is 10.1. The van der Waals surface area contributed by atoms with E-state index in [0.717, 1.165) is 16.1 Å². The highest BCUT2D eigenvalue weighted by atomic mass is 35.5. The van der Waals surface area contributed by atoms with Gasteiger partial charge in [-0.15, -0.1) is 0 Å². The Morgan fingerprint density at radius 2 is 1.82 bits per heavy atom. The van der Waals surface area contributed by atoms with Crippen LogP contribution in [0.25, 0.3) is 0 Å². The lowest BCUT2D eigenvalue weighted by atomic mass is 10.1. The van der Waals surface area contributed by atoms with Crippen LogP contribution in [0.5, 0.6) is 5.75 Å². The van der Waals surface area contributed by atoms with Crippen LogP contribution in [0.2, 0.25) is 10.0 Å². The number of amides is 2. The Balaban J connectivity index is 2.41. The van der Waals surface area contributed by atoms with E-state index in [1.807, 2.05) is 0 Å². The number of hydrogen-bond acceptors (Lipinski definition) is 5. The van der Waals surface area contributed by atoms with E-state index < -0.39 is 28.5 Å². The number of halogens is 2. The Kier molecular flexibility index (Phi) is 9.39. The summed E-state index contributed by atoms with van der Waals surface area (Å²) < 4.78 is 31.2. The molecule has 0 radical (unpaired) electrons. The molecule has 0 fully saturated rings. The molecule has 0 saturated carbocycles. The van der Waals surface area contributed by atoms with Crippen LogP contribution in [0.3, 0.4) is 0 Å². The van der Waals surface area contributed by atoms with E-state index in [-0.39, 0.29) is 28.2 Å². The van der Waals surface area contributed by atoms with Crippen LogP contribution in [0.1, 0.15) is 19.4 Å². The van der Waals surface area contributed by atoms with Crippen LogP contribution < -0.4 is 14.4 Å². The van der Waals surface area contributed by atoms with E-state index in [1.54, 1.807) is 38.1 Å². The molecule has 0 aliphatic carbocycles. The Bertz CT molecular complexity index is 1110. The summed E-state index contributed by atoms with van der Waals surface area (Å²) in [4.78, 5) is 27.3. The number of benzene rings is 2. The third-order valence-corrected chi connectivity index (χ3v) is 6.76. The Hall–Kier alpha value is -2.49. The van der Waals surface area contributed by atoms with Crippen LogP contribution in [0.4, 0.5) is 5.69 Å². The zero-order valence-electron chi connectivity index (χ0n) is 18.8. The molecule has 0 aromatic heterocycles. The number of hydrogen-bond donors (Lipinski definition) is 1. The third kappa shape index (κ3) is 7.25. The first kappa shape index (κ1) is 26.8. The van der Waals surface area contributed by atoms with Crippen molar-refractivity contribution in [1.29, 1.82) is 0 Å². The van der Waals surface area contributed by atoms with Crippen molar-refractivity contribution in [3.8, 4) is 5.75 Å². The van der Waals surface area contributed by atoms with Crippen molar-refractivity contribution in [2.75, 3.05) is 30.8 Å². The molecule has 33 heavy (non-hydrogen) atoms. The minimum atomic E-state index is -3.85. The Labute approximate surface area is 204 Å². The lowest BCUT2D eigenvalue weighted by Crippen LogP contribution is -2.51. The maximum atomic E-state index is 13.4. The molecule has 2 aromatic rings. The van der Waals surface area contributed by atoms with E-state index in [4.69, 9.17) is 27.9 Å². The average molecular weight is 516 g/mol. The van der Waals surface area contributed by atoms with Crippen molar-refractivity contribution in [3.05, 3.63) is 58.1 Å². The molecule has 2 rings (SSSR count). The number of sulfonamides is 1. The molecule has 0 aliphatic rings. The van der Waals surface area contributed by atoms with Gasteiger partial charge >= 0.3 is 0 Å². The number of carbonyl (C=O) groups is 2. The first-order valence-corrected chi connectivity index (χ1v) is 12.7. The normalized spacial score (nSPS) is 12.1. The number of likely N-dealkylation sites (N-methyl/N-ethyl adjacent to an activating group) is 1. The summed E-state index contributed by atoms with van der Waals surface area (Å²) in [5, 5.41) is 3.10. The second kappa shape index (κ2) is 11.6. The van der Waals surface area contributed by atoms with Gasteiger partial charge in [0.2, 0.25) is 21.8 Å². The molecule has 0 aliphatic heterocycles. The second-order valence-corrected chi connectivity index (χ2v) is 10.0. The molecule has 2 aromatic carbocycles. The maximum absolute atomic E-state index is 13.4. The largest absolute Gasteiger partial charge is 0.497 e. The van der Waals surface area contributed by atoms with Gasteiger partial charge in [0, 0.05) is 13.1 Å². The fraction of sp³-hybridized carbons (Fsp3) is 0.364. The molecular formula is C22H27Cl2N3O5S. The van der Waals surface area contributed by atoms with E-state index in [9.17, 15) is 18.0 Å². The molecule has 2 amide bonds. The van der Waals surface area contributed by atoms with E-state index in [0.29, 0.717) is 12.3 Å². The van der Waals surface area contributed by atoms with Crippen molar-refractivity contribution in [2.45, 2.75) is 26.4 Å². The zero-order chi connectivity index (χ0) is 24.8. The summed E-state index contributed by atoms with van der Waals surface area (Å²) in [5.74, 6) is -0.318. The van der Waals surface area contributed by atoms with Crippen molar-refractivity contribution < 1.29 is 22.7 Å². The summed E-state index contributed by atoms with van der Waals surface area (Å²) in [6, 6.07) is 10.5. The van der Waals surface area contributed by atoms with Gasteiger partial charge < -0.3 is 15.0 Å². The number of nitrogens with one attached hydrogen (secondary N) is 1. The molecule has 1 N–H and O–H groups in total. The van der Waals surface area contributed by atoms with Crippen LogP contribution in [-0.2, 0) is 26.2 Å². The van der Waals surface area contributed by atoms with Crippen LogP contribution in [0, 0.1) is 0 Å². The van der Waals surface area contributed by atoms with Gasteiger partial charge in [-0.05, 0) is 49.7 Å². The fourth-order valence-corrected chi connectivity index (χ4v) is 4.26. The number of carbonyl (C=O) groups excluding carboxylic acids is 2. The van der Waals surface area contributed by atoms with E-state index >= 15 is 0 Å². The number of methoxy groups -OCH3 is 1. The summed E-state index contributed by atoms with van der Waals surface area (Å²) >= 11 is 12.0. The quantitative estimate of drug-likeness (QED) is 0.523.